The summed E-state index contributed by atoms with van der Waals surface area (Å²) in [5.74, 6) is 0.425. The molecule has 1 fully saturated rings. The van der Waals surface area contributed by atoms with Gasteiger partial charge >= 0.3 is 257 Å². The SMILES string of the molecule is CC(C)(C)c1ccc2c(c1)[CH]([Hf]([Cl])([Cl])(=[C](c1ccccc1)C1CCCC1)[CH]1C=CC=C1)c1cc(C(C)(C)C)ccc1-2. The number of allylic oxidation sites excluding steroid dienone is 4. The third-order valence-electron chi connectivity index (χ3n) is 10.00. The van der Waals surface area contributed by atoms with Crippen molar-refractivity contribution in [1.82, 2.24) is 0 Å². The van der Waals surface area contributed by atoms with Crippen molar-refractivity contribution in [3.8, 4) is 11.1 Å². The summed E-state index contributed by atoms with van der Waals surface area (Å²) in [4.78, 5) is 0. The van der Waals surface area contributed by atoms with E-state index in [-0.39, 0.29) is 18.2 Å². The van der Waals surface area contributed by atoms with E-state index in [2.05, 4.69) is 133 Å². The zero-order valence-electron chi connectivity index (χ0n) is 25.5. The first kappa shape index (κ1) is 29.5. The van der Waals surface area contributed by atoms with Crippen LogP contribution in [0.4, 0.5) is 0 Å². The molecular weight excluding hydrogens is 706 g/mol. The molecule has 1 saturated carbocycles. The van der Waals surface area contributed by atoms with E-state index >= 15 is 0 Å². The third kappa shape index (κ3) is 4.87. The number of hydrogen-bond acceptors (Lipinski definition) is 0. The standard InChI is InChI=1S/C21H25.C12H14.C5H5.2ClH.Hf/c1-20(2,3)16-7-9-18-14(12-16)11-15-13-17(21(4,5)6)8-10-19(15)18;1-2-6-11(7-3-1)10-12-8-4-5-9-12;1-2-4-5-3-1;;;/h7-13H,1-6H3;1-3,6-7,12H,4-5,8-9H2;1-5H;2*1H;/q;;;;;+2/p-2. The summed E-state index contributed by atoms with van der Waals surface area (Å²) in [5, 5.41) is 0. The van der Waals surface area contributed by atoms with Crippen LogP contribution < -0.4 is 0 Å². The second kappa shape index (κ2) is 10.3. The van der Waals surface area contributed by atoms with E-state index in [1.54, 1.807) is 0 Å². The zero-order valence-corrected chi connectivity index (χ0v) is 30.6. The van der Waals surface area contributed by atoms with E-state index in [0.29, 0.717) is 5.92 Å². The normalized spacial score (nSPS) is 18.3. The first-order chi connectivity index (χ1) is 19.3. The van der Waals surface area contributed by atoms with Gasteiger partial charge in [0.2, 0.25) is 0 Å². The second-order valence-corrected chi connectivity index (χ2v) is 44.3. The summed E-state index contributed by atoms with van der Waals surface area (Å²) in [7, 11) is 17.4. The Kier molecular flexibility index (Phi) is 7.40. The van der Waals surface area contributed by atoms with Crippen LogP contribution in [0.5, 0.6) is 0 Å². The predicted molar refractivity (Wildman–Crippen MR) is 177 cm³/mol. The van der Waals surface area contributed by atoms with Crippen LogP contribution in [0.25, 0.3) is 11.1 Å². The fourth-order valence-corrected chi connectivity index (χ4v) is 37.7. The minimum absolute atomic E-state index is 0.0156. The van der Waals surface area contributed by atoms with Gasteiger partial charge in [-0.25, -0.2) is 0 Å². The van der Waals surface area contributed by atoms with Crippen molar-refractivity contribution in [2.75, 3.05) is 0 Å². The zero-order chi connectivity index (χ0) is 29.2. The van der Waals surface area contributed by atoms with Gasteiger partial charge in [0, 0.05) is 0 Å². The number of benzene rings is 3. The van der Waals surface area contributed by atoms with Crippen LogP contribution >= 0.6 is 17.2 Å². The average Bonchev–Trinajstić information content (AvgIpc) is 3.68. The monoisotopic (exact) mass is 750 g/mol. The Bertz CT molecular complexity index is 1540. The number of halogens is 2. The van der Waals surface area contributed by atoms with E-state index in [1.165, 1.54) is 67.9 Å². The molecule has 0 amide bonds. The predicted octanol–water partition coefficient (Wildman–Crippen LogP) is 11.7. The molecule has 3 aromatic rings. The second-order valence-electron chi connectivity index (χ2n) is 14.7. The molecule has 0 N–H and O–H groups in total. The fourth-order valence-electron chi connectivity index (χ4n) is 7.81. The molecule has 0 unspecified atom stereocenters. The average molecular weight is 750 g/mol. The first-order valence-electron chi connectivity index (χ1n) is 15.4. The molecule has 0 bridgehead atoms. The summed E-state index contributed by atoms with van der Waals surface area (Å²) >= 11 is -5.30. The molecule has 0 atom stereocenters. The van der Waals surface area contributed by atoms with Crippen molar-refractivity contribution in [3.05, 3.63) is 119 Å². The fraction of sp³-hybridized carbons (Fsp3) is 0.395. The number of fused-ring (bicyclic) bond motifs is 3. The molecule has 0 spiro atoms. The molecule has 0 saturated heterocycles. The van der Waals surface area contributed by atoms with Crippen molar-refractivity contribution in [3.63, 3.8) is 0 Å². The van der Waals surface area contributed by atoms with Gasteiger partial charge in [0.05, 0.1) is 0 Å². The van der Waals surface area contributed by atoms with Gasteiger partial charge in [-0.05, 0) is 0 Å². The van der Waals surface area contributed by atoms with Crippen molar-refractivity contribution >= 4 is 20.4 Å². The molecule has 41 heavy (non-hydrogen) atoms. The van der Waals surface area contributed by atoms with Crippen molar-refractivity contribution in [2.45, 2.75) is 85.4 Å². The van der Waals surface area contributed by atoms with Crippen LogP contribution in [0, 0.1) is 5.92 Å². The van der Waals surface area contributed by atoms with Gasteiger partial charge in [0.1, 0.15) is 0 Å². The number of rotatable bonds is 4. The van der Waals surface area contributed by atoms with Crippen LogP contribution in [0.1, 0.15) is 98.7 Å². The van der Waals surface area contributed by atoms with Gasteiger partial charge in [-0.1, -0.05) is 0 Å². The van der Waals surface area contributed by atoms with Gasteiger partial charge in [0.25, 0.3) is 0 Å². The summed E-state index contributed by atoms with van der Waals surface area (Å²) in [6, 6.07) is 25.3. The topological polar surface area (TPSA) is 0 Å². The van der Waals surface area contributed by atoms with Gasteiger partial charge in [-0.2, -0.15) is 0 Å². The van der Waals surface area contributed by atoms with E-state index in [9.17, 15) is 0 Å². The number of hydrogen-bond donors (Lipinski definition) is 0. The quantitative estimate of drug-likeness (QED) is 0.233. The Morgan fingerprint density at radius 3 is 1.63 bits per heavy atom. The van der Waals surface area contributed by atoms with Crippen LogP contribution in [-0.4, -0.2) is 3.26 Å². The Hall–Kier alpha value is -1.54. The molecule has 0 aromatic heterocycles. The Morgan fingerprint density at radius 1 is 0.683 bits per heavy atom. The van der Waals surface area contributed by atoms with Crippen molar-refractivity contribution in [2.24, 2.45) is 5.92 Å². The maximum absolute atomic E-state index is 8.72. The summed E-state index contributed by atoms with van der Waals surface area (Å²) in [6.07, 6.45) is 13.8. The van der Waals surface area contributed by atoms with Gasteiger partial charge in [0.15, 0.2) is 0 Å². The molecule has 214 valence electrons. The van der Waals surface area contributed by atoms with Gasteiger partial charge in [-0.3, -0.25) is 0 Å². The molecule has 6 rings (SSSR count). The van der Waals surface area contributed by atoms with E-state index < -0.39 is 15.7 Å². The van der Waals surface area contributed by atoms with E-state index in [0.717, 1.165) is 0 Å². The van der Waals surface area contributed by atoms with Gasteiger partial charge < -0.3 is 0 Å². The first-order valence-corrected chi connectivity index (χ1v) is 30.3. The van der Waals surface area contributed by atoms with Crippen LogP contribution in [-0.2, 0) is 26.5 Å². The molecule has 3 aliphatic rings. The maximum atomic E-state index is 8.72. The van der Waals surface area contributed by atoms with Crippen LogP contribution in [0.3, 0.4) is 0 Å². The third-order valence-corrected chi connectivity index (χ3v) is 39.0. The molecular formula is C38H44Cl2Hf. The van der Waals surface area contributed by atoms with Gasteiger partial charge in [-0.15, -0.1) is 0 Å². The summed E-state index contributed by atoms with van der Waals surface area (Å²) in [5.41, 5.74) is 9.33. The molecule has 0 heterocycles. The molecule has 3 heteroatoms. The Morgan fingerprint density at radius 2 is 1.17 bits per heavy atom. The summed E-state index contributed by atoms with van der Waals surface area (Å²) < 4.78 is 1.44. The Labute approximate surface area is 255 Å². The molecule has 0 radical (unpaired) electrons. The Balaban J connectivity index is 1.79. The summed E-state index contributed by atoms with van der Waals surface area (Å²) in [6.45, 7) is 13.8. The molecule has 3 aliphatic carbocycles. The van der Waals surface area contributed by atoms with E-state index in [4.69, 9.17) is 17.2 Å². The van der Waals surface area contributed by atoms with Crippen molar-refractivity contribution < 1.29 is 15.7 Å². The minimum atomic E-state index is -5.30. The van der Waals surface area contributed by atoms with Crippen molar-refractivity contribution in [1.29, 1.82) is 0 Å². The molecule has 0 aliphatic heterocycles. The molecule has 3 aromatic carbocycles. The van der Waals surface area contributed by atoms with Crippen LogP contribution in [0.2, 0.25) is 3.67 Å². The van der Waals surface area contributed by atoms with E-state index in [1.807, 2.05) is 0 Å². The van der Waals surface area contributed by atoms with Crippen LogP contribution in [0.15, 0.2) is 91.0 Å². The molecule has 0 nitrogen and oxygen atoms in total.